The lowest BCUT2D eigenvalue weighted by atomic mass is 10.1. The zero-order chi connectivity index (χ0) is 15.1. The van der Waals surface area contributed by atoms with Gasteiger partial charge in [-0.25, -0.2) is 0 Å². The Balaban J connectivity index is 1.98. The minimum absolute atomic E-state index is 0.0130. The molecular weight excluding hydrogens is 258 g/mol. The molecule has 0 spiro atoms. The van der Waals surface area contributed by atoms with E-state index in [-0.39, 0.29) is 6.04 Å². The van der Waals surface area contributed by atoms with Crippen LogP contribution in [0.2, 0.25) is 0 Å². The van der Waals surface area contributed by atoms with Crippen molar-refractivity contribution in [3.05, 3.63) is 78.4 Å². The van der Waals surface area contributed by atoms with Crippen LogP contribution in [0.15, 0.2) is 61.7 Å². The molecule has 0 saturated carbocycles. The first kappa shape index (κ1) is 15.1. The maximum atomic E-state index is 6.17. The van der Waals surface area contributed by atoms with E-state index in [9.17, 15) is 0 Å². The van der Waals surface area contributed by atoms with E-state index in [0.29, 0.717) is 6.61 Å². The molecule has 21 heavy (non-hydrogen) atoms. The van der Waals surface area contributed by atoms with Gasteiger partial charge in [0.05, 0.1) is 6.61 Å². The second-order valence-electron chi connectivity index (χ2n) is 4.82. The molecule has 0 bridgehead atoms. The second kappa shape index (κ2) is 7.46. The summed E-state index contributed by atoms with van der Waals surface area (Å²) in [5.41, 5.74) is 9.29. The average molecular weight is 279 g/mol. The van der Waals surface area contributed by atoms with Crippen LogP contribution in [0.5, 0.6) is 5.75 Å². The van der Waals surface area contributed by atoms with Crippen molar-refractivity contribution >= 4 is 12.2 Å². The smallest absolute Gasteiger partial charge is 0.127 e. The summed E-state index contributed by atoms with van der Waals surface area (Å²) in [6.45, 7) is 8.21. The molecule has 1 atom stereocenters. The summed E-state index contributed by atoms with van der Waals surface area (Å²) in [6.07, 6.45) is 4.36. The Morgan fingerprint density at radius 1 is 1.00 bits per heavy atom. The fourth-order valence-electron chi connectivity index (χ4n) is 2.25. The van der Waals surface area contributed by atoms with Crippen molar-refractivity contribution in [2.45, 2.75) is 12.5 Å². The highest BCUT2D eigenvalue weighted by Crippen LogP contribution is 2.25. The summed E-state index contributed by atoms with van der Waals surface area (Å²) in [4.78, 5) is 0. The van der Waals surface area contributed by atoms with Gasteiger partial charge in [0.25, 0.3) is 0 Å². The lowest BCUT2D eigenvalue weighted by Crippen LogP contribution is -2.14. The van der Waals surface area contributed by atoms with Gasteiger partial charge in [0.1, 0.15) is 5.75 Å². The van der Waals surface area contributed by atoms with Crippen molar-refractivity contribution in [3.63, 3.8) is 0 Å². The van der Waals surface area contributed by atoms with Crippen LogP contribution >= 0.6 is 0 Å². The minimum atomic E-state index is -0.0130. The first-order chi connectivity index (χ1) is 10.3. The molecule has 0 aliphatic rings. The van der Waals surface area contributed by atoms with Crippen molar-refractivity contribution in [2.24, 2.45) is 5.73 Å². The first-order valence-electron chi connectivity index (χ1n) is 7.07. The molecular formula is C19H21NO. The topological polar surface area (TPSA) is 35.2 Å². The molecule has 0 fully saturated rings. The van der Waals surface area contributed by atoms with Crippen molar-refractivity contribution in [2.75, 3.05) is 6.61 Å². The second-order valence-corrected chi connectivity index (χ2v) is 4.82. The molecule has 0 amide bonds. The van der Waals surface area contributed by atoms with Gasteiger partial charge in [-0.1, -0.05) is 67.8 Å². The summed E-state index contributed by atoms with van der Waals surface area (Å²) in [5, 5.41) is 0. The molecule has 0 aliphatic carbocycles. The Bertz CT molecular complexity index is 604. The van der Waals surface area contributed by atoms with Crippen LogP contribution in [-0.2, 0) is 0 Å². The van der Waals surface area contributed by atoms with E-state index in [1.807, 2.05) is 48.5 Å². The number of hydrogen-bond donors (Lipinski definition) is 1. The van der Waals surface area contributed by atoms with Gasteiger partial charge in [0, 0.05) is 18.0 Å². The van der Waals surface area contributed by atoms with Crippen molar-refractivity contribution in [1.82, 2.24) is 0 Å². The molecule has 0 aromatic heterocycles. The molecule has 2 N–H and O–H groups in total. The van der Waals surface area contributed by atoms with Gasteiger partial charge < -0.3 is 10.5 Å². The fourth-order valence-corrected chi connectivity index (χ4v) is 2.25. The van der Waals surface area contributed by atoms with Crippen LogP contribution in [0, 0.1) is 0 Å². The molecule has 2 aromatic rings. The van der Waals surface area contributed by atoms with E-state index < -0.39 is 0 Å². The summed E-state index contributed by atoms with van der Waals surface area (Å²) < 4.78 is 5.86. The molecule has 2 nitrogen and oxygen atoms in total. The molecule has 1 unspecified atom stereocenters. The average Bonchev–Trinajstić information content (AvgIpc) is 2.55. The van der Waals surface area contributed by atoms with Gasteiger partial charge in [0.15, 0.2) is 0 Å². The summed E-state index contributed by atoms with van der Waals surface area (Å²) in [7, 11) is 0. The zero-order valence-electron chi connectivity index (χ0n) is 12.2. The van der Waals surface area contributed by atoms with Crippen LogP contribution in [0.1, 0.15) is 29.2 Å². The number of nitrogens with two attached hydrogens (primary N) is 1. The van der Waals surface area contributed by atoms with Gasteiger partial charge in [-0.2, -0.15) is 0 Å². The first-order valence-corrected chi connectivity index (χ1v) is 7.07. The monoisotopic (exact) mass is 279 g/mol. The standard InChI is InChI=1S/C19H21NO/c1-3-15-11-8-12-19(17(15)4-2)21-14-13-18(20)16-9-6-5-7-10-16/h3-12,18H,1-2,13-14,20H2. The van der Waals surface area contributed by atoms with Crippen molar-refractivity contribution in [3.8, 4) is 5.75 Å². The maximum Gasteiger partial charge on any atom is 0.127 e. The van der Waals surface area contributed by atoms with E-state index >= 15 is 0 Å². The molecule has 108 valence electrons. The third-order valence-corrected chi connectivity index (χ3v) is 3.44. The molecule has 0 radical (unpaired) electrons. The highest BCUT2D eigenvalue weighted by atomic mass is 16.5. The number of rotatable bonds is 7. The van der Waals surface area contributed by atoms with Gasteiger partial charge in [0.2, 0.25) is 0 Å². The van der Waals surface area contributed by atoms with E-state index in [1.54, 1.807) is 12.2 Å². The number of hydrogen-bond acceptors (Lipinski definition) is 2. The molecule has 0 saturated heterocycles. The van der Waals surface area contributed by atoms with E-state index in [1.165, 1.54) is 0 Å². The number of ether oxygens (including phenoxy) is 1. The van der Waals surface area contributed by atoms with Crippen LogP contribution < -0.4 is 10.5 Å². The summed E-state index contributed by atoms with van der Waals surface area (Å²) in [5.74, 6) is 0.822. The third-order valence-electron chi connectivity index (χ3n) is 3.44. The van der Waals surface area contributed by atoms with Crippen LogP contribution in [0.4, 0.5) is 0 Å². The molecule has 2 aromatic carbocycles. The van der Waals surface area contributed by atoms with Gasteiger partial charge >= 0.3 is 0 Å². The lowest BCUT2D eigenvalue weighted by Gasteiger charge is -2.15. The minimum Gasteiger partial charge on any atom is -0.493 e. The Labute approximate surface area is 126 Å². The largest absolute Gasteiger partial charge is 0.493 e. The lowest BCUT2D eigenvalue weighted by molar-refractivity contribution is 0.298. The quantitative estimate of drug-likeness (QED) is 0.813. The van der Waals surface area contributed by atoms with Crippen molar-refractivity contribution < 1.29 is 4.74 Å². The Morgan fingerprint density at radius 2 is 1.76 bits per heavy atom. The third kappa shape index (κ3) is 3.83. The van der Waals surface area contributed by atoms with Crippen LogP contribution in [0.25, 0.3) is 12.2 Å². The Hall–Kier alpha value is -2.32. The van der Waals surface area contributed by atoms with E-state index in [2.05, 4.69) is 13.2 Å². The van der Waals surface area contributed by atoms with E-state index in [4.69, 9.17) is 10.5 Å². The van der Waals surface area contributed by atoms with Gasteiger partial charge in [-0.05, 0) is 17.2 Å². The van der Waals surface area contributed by atoms with Gasteiger partial charge in [-0.15, -0.1) is 0 Å². The Morgan fingerprint density at radius 3 is 2.43 bits per heavy atom. The van der Waals surface area contributed by atoms with Crippen molar-refractivity contribution in [1.29, 1.82) is 0 Å². The molecule has 0 aliphatic heterocycles. The van der Waals surface area contributed by atoms with Crippen LogP contribution in [-0.4, -0.2) is 6.61 Å². The zero-order valence-corrected chi connectivity index (χ0v) is 12.2. The highest BCUT2D eigenvalue weighted by Gasteiger charge is 2.08. The van der Waals surface area contributed by atoms with Crippen LogP contribution in [0.3, 0.4) is 0 Å². The Kier molecular flexibility index (Phi) is 5.35. The normalized spacial score (nSPS) is 11.7. The number of benzene rings is 2. The molecule has 2 rings (SSSR count). The SMILES string of the molecule is C=Cc1cccc(OCCC(N)c2ccccc2)c1C=C. The van der Waals surface area contributed by atoms with E-state index in [0.717, 1.165) is 28.9 Å². The predicted octanol–water partition coefficient (Wildman–Crippen LogP) is 4.44. The maximum absolute atomic E-state index is 6.17. The summed E-state index contributed by atoms with van der Waals surface area (Å²) >= 11 is 0. The predicted molar refractivity (Wildman–Crippen MR) is 90.1 cm³/mol. The summed E-state index contributed by atoms with van der Waals surface area (Å²) in [6, 6.07) is 15.9. The molecule has 0 heterocycles. The highest BCUT2D eigenvalue weighted by molar-refractivity contribution is 5.68. The fraction of sp³-hybridized carbons (Fsp3) is 0.158. The van der Waals surface area contributed by atoms with Gasteiger partial charge in [-0.3, -0.25) is 0 Å². The molecule has 2 heteroatoms.